The highest BCUT2D eigenvalue weighted by Gasteiger charge is 2.21. The predicted octanol–water partition coefficient (Wildman–Crippen LogP) is 2.42. The average molecular weight is 415 g/mol. The lowest BCUT2D eigenvalue weighted by molar-refractivity contribution is 0.0784. The molecule has 0 saturated heterocycles. The summed E-state index contributed by atoms with van der Waals surface area (Å²) >= 11 is 1.47. The summed E-state index contributed by atoms with van der Waals surface area (Å²) in [5.41, 5.74) is 1.06. The number of hydrogen-bond donors (Lipinski definition) is 1. The molecule has 29 heavy (non-hydrogen) atoms. The van der Waals surface area contributed by atoms with Gasteiger partial charge in [0.25, 0.3) is 11.8 Å². The maximum Gasteiger partial charge on any atom is 0.258 e. The van der Waals surface area contributed by atoms with Crippen molar-refractivity contribution >= 4 is 28.8 Å². The predicted molar refractivity (Wildman–Crippen MR) is 109 cm³/mol. The maximum absolute atomic E-state index is 12.9. The first-order valence-corrected chi connectivity index (χ1v) is 9.50. The largest absolute Gasteiger partial charge is 0.493 e. The van der Waals surface area contributed by atoms with Crippen LogP contribution < -0.4 is 14.8 Å². The van der Waals surface area contributed by atoms with Crippen molar-refractivity contribution in [2.45, 2.75) is 6.54 Å². The van der Waals surface area contributed by atoms with E-state index in [0.717, 1.165) is 5.01 Å². The molecule has 1 N–H and O–H groups in total. The number of carbonyl (C=O) groups is 2. The van der Waals surface area contributed by atoms with Crippen molar-refractivity contribution in [2.75, 3.05) is 26.6 Å². The van der Waals surface area contributed by atoms with Crippen molar-refractivity contribution in [3.63, 3.8) is 0 Å². The number of thiazole rings is 1. The number of amides is 2. The van der Waals surface area contributed by atoms with E-state index in [1.165, 1.54) is 36.4 Å². The summed E-state index contributed by atoms with van der Waals surface area (Å²) in [6.45, 7) is 0.377. The Hall–Kier alpha value is -3.40. The fraction of sp³-hybridized carbons (Fsp3) is 0.263. The lowest BCUT2D eigenvalue weighted by Gasteiger charge is -2.19. The molecular formula is C19H21N5O4S. The molecule has 0 radical (unpaired) electrons. The fourth-order valence-electron chi connectivity index (χ4n) is 2.74. The highest BCUT2D eigenvalue weighted by Crippen LogP contribution is 2.37. The van der Waals surface area contributed by atoms with E-state index in [0.29, 0.717) is 34.9 Å². The molecule has 0 aliphatic heterocycles. The number of aryl methyl sites for hydroxylation is 1. The summed E-state index contributed by atoms with van der Waals surface area (Å²) in [6, 6.07) is 3.15. The molecule has 10 heteroatoms. The fourth-order valence-corrected chi connectivity index (χ4v) is 3.41. The summed E-state index contributed by atoms with van der Waals surface area (Å²) < 4.78 is 12.3. The molecule has 0 aliphatic carbocycles. The Bertz CT molecular complexity index is 1020. The minimum absolute atomic E-state index is 0.238. The highest BCUT2D eigenvalue weighted by molar-refractivity contribution is 7.09. The van der Waals surface area contributed by atoms with Crippen LogP contribution in [0.4, 0.5) is 5.69 Å². The molecule has 9 nitrogen and oxygen atoms in total. The Balaban J connectivity index is 1.90. The zero-order chi connectivity index (χ0) is 21.0. The van der Waals surface area contributed by atoms with Gasteiger partial charge in [0.1, 0.15) is 5.01 Å². The van der Waals surface area contributed by atoms with Crippen molar-refractivity contribution in [3.05, 3.63) is 52.2 Å². The second-order valence-corrected chi connectivity index (χ2v) is 7.18. The lowest BCUT2D eigenvalue weighted by Crippen LogP contribution is -2.26. The third kappa shape index (κ3) is 4.54. The molecule has 2 amide bonds. The van der Waals surface area contributed by atoms with E-state index in [2.05, 4.69) is 15.4 Å². The van der Waals surface area contributed by atoms with Crippen LogP contribution in [0.5, 0.6) is 11.5 Å². The van der Waals surface area contributed by atoms with Gasteiger partial charge in [-0.3, -0.25) is 14.3 Å². The SMILES string of the molecule is COc1cc(C(=O)N(C)Cc2nccs2)cc(NC(=O)c2cnn(C)c2)c1OC. The first-order chi connectivity index (χ1) is 13.9. The molecule has 152 valence electrons. The average Bonchev–Trinajstić information content (AvgIpc) is 3.38. The number of methoxy groups -OCH3 is 2. The molecule has 0 spiro atoms. The minimum Gasteiger partial charge on any atom is -0.493 e. The van der Waals surface area contributed by atoms with Crippen LogP contribution in [0.15, 0.2) is 36.1 Å². The van der Waals surface area contributed by atoms with Crippen LogP contribution in [-0.4, -0.2) is 52.7 Å². The smallest absolute Gasteiger partial charge is 0.258 e. The first-order valence-electron chi connectivity index (χ1n) is 8.62. The summed E-state index contributed by atoms with van der Waals surface area (Å²) in [5, 5.41) is 9.44. The van der Waals surface area contributed by atoms with Crippen molar-refractivity contribution in [3.8, 4) is 11.5 Å². The van der Waals surface area contributed by atoms with Gasteiger partial charge in [0.15, 0.2) is 11.5 Å². The summed E-state index contributed by atoms with van der Waals surface area (Å²) in [7, 11) is 6.35. The number of ether oxygens (including phenoxy) is 2. The number of anilines is 1. The van der Waals surface area contributed by atoms with E-state index in [1.54, 1.807) is 43.5 Å². The van der Waals surface area contributed by atoms with Crippen molar-refractivity contribution in [1.29, 1.82) is 0 Å². The highest BCUT2D eigenvalue weighted by atomic mass is 32.1. The Morgan fingerprint density at radius 2 is 2.03 bits per heavy atom. The number of hydrogen-bond acceptors (Lipinski definition) is 7. The molecule has 1 aromatic carbocycles. The number of rotatable bonds is 7. The van der Waals surface area contributed by atoms with Crippen LogP contribution >= 0.6 is 11.3 Å². The molecule has 3 aromatic rings. The number of benzene rings is 1. The molecule has 3 rings (SSSR count). The van der Waals surface area contributed by atoms with Gasteiger partial charge in [-0.1, -0.05) is 0 Å². The van der Waals surface area contributed by atoms with E-state index in [9.17, 15) is 9.59 Å². The van der Waals surface area contributed by atoms with Gasteiger partial charge in [0, 0.05) is 37.4 Å². The molecule has 0 saturated carbocycles. The van der Waals surface area contributed by atoms with Crippen LogP contribution in [0.1, 0.15) is 25.7 Å². The van der Waals surface area contributed by atoms with E-state index < -0.39 is 0 Å². The quantitative estimate of drug-likeness (QED) is 0.636. The Morgan fingerprint density at radius 3 is 2.62 bits per heavy atom. The van der Waals surface area contributed by atoms with Crippen molar-refractivity contribution in [1.82, 2.24) is 19.7 Å². The molecule has 0 atom stereocenters. The van der Waals surface area contributed by atoms with E-state index >= 15 is 0 Å². The number of nitrogens with one attached hydrogen (secondary N) is 1. The standard InChI is InChI=1S/C19H21N5O4S/c1-23(11-16-20-5-6-29-16)19(26)12-7-14(17(28-4)15(8-12)27-3)22-18(25)13-9-21-24(2)10-13/h5-10H,11H2,1-4H3,(H,22,25). The summed E-state index contributed by atoms with van der Waals surface area (Å²) in [4.78, 5) is 31.2. The van der Waals surface area contributed by atoms with Crippen LogP contribution in [0.2, 0.25) is 0 Å². The molecule has 0 bridgehead atoms. The van der Waals surface area contributed by atoms with Gasteiger partial charge in [-0.2, -0.15) is 5.10 Å². The second-order valence-electron chi connectivity index (χ2n) is 6.20. The Labute approximate surface area is 171 Å². The van der Waals surface area contributed by atoms with Gasteiger partial charge >= 0.3 is 0 Å². The minimum atomic E-state index is -0.376. The van der Waals surface area contributed by atoms with Crippen LogP contribution in [0.25, 0.3) is 0 Å². The Morgan fingerprint density at radius 1 is 1.24 bits per heavy atom. The Kier molecular flexibility index (Phi) is 6.13. The maximum atomic E-state index is 12.9. The van der Waals surface area contributed by atoms with Gasteiger partial charge < -0.3 is 19.7 Å². The van der Waals surface area contributed by atoms with Gasteiger partial charge in [-0.05, 0) is 12.1 Å². The van der Waals surface area contributed by atoms with Gasteiger partial charge in [0.05, 0.1) is 38.2 Å². The third-order valence-corrected chi connectivity index (χ3v) is 4.91. The zero-order valence-corrected chi connectivity index (χ0v) is 17.3. The van der Waals surface area contributed by atoms with E-state index in [4.69, 9.17) is 9.47 Å². The van der Waals surface area contributed by atoms with Gasteiger partial charge in [-0.25, -0.2) is 4.98 Å². The van der Waals surface area contributed by atoms with Gasteiger partial charge in [-0.15, -0.1) is 11.3 Å². The lowest BCUT2D eigenvalue weighted by atomic mass is 10.1. The molecular weight excluding hydrogens is 394 g/mol. The van der Waals surface area contributed by atoms with Crippen molar-refractivity contribution < 1.29 is 19.1 Å². The van der Waals surface area contributed by atoms with Crippen LogP contribution in [-0.2, 0) is 13.6 Å². The van der Waals surface area contributed by atoms with E-state index in [-0.39, 0.29) is 11.8 Å². The van der Waals surface area contributed by atoms with Crippen LogP contribution in [0, 0.1) is 0 Å². The number of carbonyl (C=O) groups excluding carboxylic acids is 2. The third-order valence-electron chi connectivity index (χ3n) is 4.14. The molecule has 0 unspecified atom stereocenters. The zero-order valence-electron chi connectivity index (χ0n) is 16.5. The summed E-state index contributed by atoms with van der Waals surface area (Å²) in [6.07, 6.45) is 4.74. The molecule has 0 fully saturated rings. The van der Waals surface area contributed by atoms with Gasteiger partial charge in [0.2, 0.25) is 0 Å². The molecule has 2 aromatic heterocycles. The topological polar surface area (TPSA) is 98.6 Å². The molecule has 0 aliphatic rings. The monoisotopic (exact) mass is 415 g/mol. The summed E-state index contributed by atoms with van der Waals surface area (Å²) in [5.74, 6) is 0.0450. The van der Waals surface area contributed by atoms with Crippen molar-refractivity contribution in [2.24, 2.45) is 7.05 Å². The number of aromatic nitrogens is 3. The number of nitrogens with zero attached hydrogens (tertiary/aromatic N) is 4. The normalized spacial score (nSPS) is 10.5. The van der Waals surface area contributed by atoms with Crippen LogP contribution in [0.3, 0.4) is 0 Å². The van der Waals surface area contributed by atoms with E-state index in [1.807, 2.05) is 5.38 Å². The second kappa shape index (κ2) is 8.74. The first kappa shape index (κ1) is 20.3. The molecule has 2 heterocycles.